The van der Waals surface area contributed by atoms with E-state index in [0.717, 1.165) is 33.2 Å². The second kappa shape index (κ2) is 3.83. The second-order valence-corrected chi connectivity index (χ2v) is 5.20. The van der Waals surface area contributed by atoms with E-state index in [2.05, 4.69) is 16.0 Å². The monoisotopic (exact) mass is 283 g/mol. The molecule has 0 radical (unpaired) electrons. The van der Waals surface area contributed by atoms with Crippen molar-refractivity contribution in [2.75, 3.05) is 0 Å². The molecule has 3 aromatic heterocycles. The number of rotatable bonds is 0. The summed E-state index contributed by atoms with van der Waals surface area (Å²) in [5.74, 6) is 0. The molecule has 5 nitrogen and oxygen atoms in total. The van der Waals surface area contributed by atoms with Gasteiger partial charge in [-0.1, -0.05) is 24.3 Å². The predicted molar refractivity (Wildman–Crippen MR) is 84.6 cm³/mol. The van der Waals surface area contributed by atoms with Crippen molar-refractivity contribution in [3.63, 3.8) is 0 Å². The first-order chi connectivity index (χ1) is 10.9. The van der Waals surface area contributed by atoms with Crippen molar-refractivity contribution < 1.29 is 0 Å². The highest BCUT2D eigenvalue weighted by Crippen LogP contribution is 2.29. The first-order valence-electron chi connectivity index (χ1n) is 6.94. The fraction of sp³-hybridized carbons (Fsp3) is 0. The lowest BCUT2D eigenvalue weighted by atomic mass is 10.2. The van der Waals surface area contributed by atoms with E-state index in [1.54, 1.807) is 0 Å². The molecule has 0 saturated heterocycles. The van der Waals surface area contributed by atoms with E-state index in [4.69, 9.17) is 4.98 Å². The van der Waals surface area contributed by atoms with Gasteiger partial charge in [0.05, 0.1) is 22.1 Å². The first-order valence-corrected chi connectivity index (χ1v) is 6.94. The molecule has 5 heteroatoms. The van der Waals surface area contributed by atoms with Gasteiger partial charge in [-0.2, -0.15) is 5.26 Å². The van der Waals surface area contributed by atoms with Crippen LogP contribution in [0, 0.1) is 11.3 Å². The summed E-state index contributed by atoms with van der Waals surface area (Å²) >= 11 is 0. The van der Waals surface area contributed by atoms with Gasteiger partial charge in [-0.05, 0) is 24.3 Å². The molecule has 5 aromatic rings. The van der Waals surface area contributed by atoms with Crippen LogP contribution in [0.3, 0.4) is 0 Å². The molecule has 1 N–H and O–H groups in total. The third-order valence-electron chi connectivity index (χ3n) is 3.97. The average Bonchev–Trinajstić information content (AvgIpc) is 3.06. The van der Waals surface area contributed by atoms with E-state index in [1.165, 1.54) is 0 Å². The van der Waals surface area contributed by atoms with Crippen LogP contribution in [0.5, 0.6) is 0 Å². The largest absolute Gasteiger partial charge is 0.350 e. The van der Waals surface area contributed by atoms with Crippen LogP contribution in [0.15, 0.2) is 48.5 Å². The number of H-pyrrole nitrogens is 1. The normalized spacial score (nSPS) is 11.6. The fourth-order valence-corrected chi connectivity index (χ4v) is 3.00. The Kier molecular flexibility index (Phi) is 1.97. The lowest BCUT2D eigenvalue weighted by Gasteiger charge is -2.00. The van der Waals surface area contributed by atoms with E-state index < -0.39 is 0 Å². The number of aromatic amines is 1. The molecule has 5 rings (SSSR count). The quantitative estimate of drug-likeness (QED) is 0.473. The minimum Gasteiger partial charge on any atom is -0.350 e. The van der Waals surface area contributed by atoms with E-state index in [-0.39, 0.29) is 0 Å². The number of benzene rings is 2. The van der Waals surface area contributed by atoms with Crippen molar-refractivity contribution in [3.8, 4) is 6.07 Å². The van der Waals surface area contributed by atoms with Gasteiger partial charge in [0.2, 0.25) is 0 Å². The van der Waals surface area contributed by atoms with Crippen LogP contribution < -0.4 is 0 Å². The number of hydrogen-bond acceptors (Lipinski definition) is 3. The molecule has 0 aliphatic rings. The van der Waals surface area contributed by atoms with Crippen molar-refractivity contribution in [2.24, 2.45) is 0 Å². The van der Waals surface area contributed by atoms with E-state index >= 15 is 0 Å². The SMILES string of the molecule is N#Cc1c2[nH]c3ccccc3nc2n2c1nc1ccccc12. The maximum absolute atomic E-state index is 9.57. The van der Waals surface area contributed by atoms with Crippen LogP contribution >= 0.6 is 0 Å². The van der Waals surface area contributed by atoms with E-state index in [1.807, 2.05) is 52.9 Å². The average molecular weight is 283 g/mol. The lowest BCUT2D eigenvalue weighted by molar-refractivity contribution is 1.26. The molecule has 0 aliphatic carbocycles. The third kappa shape index (κ3) is 1.26. The predicted octanol–water partition coefficient (Wildman–Crippen LogP) is 3.39. The third-order valence-corrected chi connectivity index (χ3v) is 3.97. The smallest absolute Gasteiger partial charge is 0.164 e. The molecule has 0 aliphatic heterocycles. The van der Waals surface area contributed by atoms with Crippen LogP contribution in [0.25, 0.3) is 38.9 Å². The summed E-state index contributed by atoms with van der Waals surface area (Å²) < 4.78 is 1.95. The molecule has 3 heterocycles. The molecule has 0 spiro atoms. The summed E-state index contributed by atoms with van der Waals surface area (Å²) in [4.78, 5) is 12.7. The van der Waals surface area contributed by atoms with E-state index in [0.29, 0.717) is 11.2 Å². The summed E-state index contributed by atoms with van der Waals surface area (Å²) in [7, 11) is 0. The molecule has 0 unspecified atom stereocenters. The van der Waals surface area contributed by atoms with Crippen molar-refractivity contribution in [2.45, 2.75) is 0 Å². The van der Waals surface area contributed by atoms with Crippen LogP contribution in [-0.2, 0) is 0 Å². The van der Waals surface area contributed by atoms with Crippen molar-refractivity contribution in [1.82, 2.24) is 19.4 Å². The summed E-state index contributed by atoms with van der Waals surface area (Å²) in [6.07, 6.45) is 0. The fourth-order valence-electron chi connectivity index (χ4n) is 3.00. The molecule has 0 bridgehead atoms. The van der Waals surface area contributed by atoms with Crippen LogP contribution in [0.1, 0.15) is 5.56 Å². The maximum Gasteiger partial charge on any atom is 0.164 e. The summed E-state index contributed by atoms with van der Waals surface area (Å²) in [6.45, 7) is 0. The summed E-state index contributed by atoms with van der Waals surface area (Å²) in [5, 5.41) is 9.57. The molecule has 2 aromatic carbocycles. The van der Waals surface area contributed by atoms with Crippen LogP contribution in [-0.4, -0.2) is 19.4 Å². The molecular formula is C17H9N5. The Hall–Kier alpha value is -3.39. The molecule has 0 saturated carbocycles. The molecule has 0 atom stereocenters. The number of imidazole rings is 1. The van der Waals surface area contributed by atoms with Gasteiger partial charge >= 0.3 is 0 Å². The molecule has 0 fully saturated rings. The Morgan fingerprint density at radius 1 is 0.909 bits per heavy atom. The van der Waals surface area contributed by atoms with Crippen LogP contribution in [0.2, 0.25) is 0 Å². The van der Waals surface area contributed by atoms with Gasteiger partial charge in [0.1, 0.15) is 17.1 Å². The van der Waals surface area contributed by atoms with Gasteiger partial charge in [-0.15, -0.1) is 0 Å². The van der Waals surface area contributed by atoms with Crippen LogP contribution in [0.4, 0.5) is 0 Å². The first kappa shape index (κ1) is 11.3. The lowest BCUT2D eigenvalue weighted by Crippen LogP contribution is -1.89. The van der Waals surface area contributed by atoms with Gasteiger partial charge in [-0.3, -0.25) is 4.40 Å². The number of nitrogens with one attached hydrogen (secondary N) is 1. The van der Waals surface area contributed by atoms with Gasteiger partial charge in [0.15, 0.2) is 11.3 Å². The summed E-state index contributed by atoms with van der Waals surface area (Å²) in [5.41, 5.74) is 6.25. The number of para-hydroxylation sites is 4. The van der Waals surface area contributed by atoms with Gasteiger partial charge in [-0.25, -0.2) is 9.97 Å². The highest BCUT2D eigenvalue weighted by molar-refractivity contribution is 5.98. The summed E-state index contributed by atoms with van der Waals surface area (Å²) in [6, 6.07) is 17.9. The number of nitrogens with zero attached hydrogens (tertiary/aromatic N) is 4. The molecule has 0 amide bonds. The molecule has 102 valence electrons. The van der Waals surface area contributed by atoms with Crippen molar-refractivity contribution in [3.05, 3.63) is 54.1 Å². The molecule has 22 heavy (non-hydrogen) atoms. The topological polar surface area (TPSA) is 69.8 Å². The number of hydrogen-bond donors (Lipinski definition) is 1. The Morgan fingerprint density at radius 3 is 2.50 bits per heavy atom. The molecular weight excluding hydrogens is 274 g/mol. The van der Waals surface area contributed by atoms with Crippen molar-refractivity contribution >= 4 is 38.9 Å². The Morgan fingerprint density at radius 2 is 1.64 bits per heavy atom. The highest BCUT2D eigenvalue weighted by atomic mass is 15.1. The highest BCUT2D eigenvalue weighted by Gasteiger charge is 2.18. The van der Waals surface area contributed by atoms with Gasteiger partial charge < -0.3 is 4.98 Å². The Bertz CT molecular complexity index is 1230. The minimum absolute atomic E-state index is 0.532. The number of aromatic nitrogens is 4. The Balaban J connectivity index is 2.13. The van der Waals surface area contributed by atoms with Gasteiger partial charge in [0.25, 0.3) is 0 Å². The zero-order valence-electron chi connectivity index (χ0n) is 11.4. The second-order valence-electron chi connectivity index (χ2n) is 5.20. The Labute approximate surface area is 124 Å². The zero-order chi connectivity index (χ0) is 14.7. The maximum atomic E-state index is 9.57. The minimum atomic E-state index is 0.532. The number of fused-ring (bicyclic) bond motifs is 6. The zero-order valence-corrected chi connectivity index (χ0v) is 11.4. The van der Waals surface area contributed by atoms with E-state index in [9.17, 15) is 5.26 Å². The van der Waals surface area contributed by atoms with Gasteiger partial charge in [0, 0.05) is 0 Å². The number of nitriles is 1. The van der Waals surface area contributed by atoms with Crippen molar-refractivity contribution in [1.29, 1.82) is 5.26 Å². The standard InChI is InChI=1S/C17H9N5/c18-9-10-15-17(20-12-6-2-1-5-11(12)19-15)22-14-8-4-3-7-13(14)21-16(10)22/h1-8,19H.